The predicted molar refractivity (Wildman–Crippen MR) is 290 cm³/mol. The Hall–Kier alpha value is -5.99. The van der Waals surface area contributed by atoms with Crippen LogP contribution in [0.2, 0.25) is 26.2 Å². The third kappa shape index (κ3) is 6.83. The van der Waals surface area contributed by atoms with Crippen LogP contribution in [0.25, 0.3) is 22.3 Å². The quantitative estimate of drug-likeness (QED) is 0.112. The summed E-state index contributed by atoms with van der Waals surface area (Å²) < 4.78 is 34.9. The van der Waals surface area contributed by atoms with Crippen molar-refractivity contribution in [1.29, 1.82) is 0 Å². The molecule has 0 spiro atoms. The lowest BCUT2D eigenvalue weighted by molar-refractivity contribution is 0.488. The minimum Gasteiger partial charge on any atom is -0.457 e. The summed E-state index contributed by atoms with van der Waals surface area (Å²) in [5.41, 5.74) is 6.58. The first-order valence-electron chi connectivity index (χ1n) is 25.7. The number of hydrogen-bond acceptors (Lipinski definition) is 2. The number of hydrogen-bond donors (Lipinski definition) is 0. The summed E-state index contributed by atoms with van der Waals surface area (Å²) in [7, 11) is -7.40. The van der Waals surface area contributed by atoms with Gasteiger partial charge in [-0.25, -0.2) is 0 Å². The van der Waals surface area contributed by atoms with Gasteiger partial charge in [0, 0.05) is 13.9 Å². The van der Waals surface area contributed by atoms with Gasteiger partial charge >= 0.3 is 0 Å². The van der Waals surface area contributed by atoms with Crippen molar-refractivity contribution in [1.82, 2.24) is 0 Å². The van der Waals surface area contributed by atoms with E-state index in [0.29, 0.717) is 0 Å². The standard InChI is InChI=1S/C62H60O2Si3/c1-65(2)57-33-17-15-31-55(57)63-61-51(29-19-35-59(61)65)49-39-37-47(41-53(49)43-21-11-12-22-43)67(45-25-7-5-8-26-45,46-27-9-6-10-28-46)48-38-40-50(54(42-48)44-23-13-14-24-44)52-30-20-36-60-62(52)64-56-32-16-18-34-58(56)66(60,3)4/h5-10,15-20,25-44H,11-14,21-24H2,1-4H3/i43D,44D. The zero-order valence-electron chi connectivity index (χ0n) is 41.3. The van der Waals surface area contributed by atoms with Crippen LogP contribution in [0.3, 0.4) is 0 Å². The molecule has 12 rings (SSSR count). The molecule has 5 heteroatoms. The van der Waals surface area contributed by atoms with E-state index in [1.165, 1.54) is 41.5 Å². The van der Waals surface area contributed by atoms with Crippen LogP contribution in [0, 0.1) is 0 Å². The van der Waals surface area contributed by atoms with E-state index in [-0.39, 0.29) is 0 Å². The Labute approximate surface area is 403 Å². The number of benzene rings is 8. The molecule has 0 atom stereocenters. The van der Waals surface area contributed by atoms with Gasteiger partial charge < -0.3 is 9.47 Å². The van der Waals surface area contributed by atoms with Gasteiger partial charge in [-0.05, 0) is 113 Å². The summed E-state index contributed by atoms with van der Waals surface area (Å²) in [4.78, 5) is 0. The van der Waals surface area contributed by atoms with Crippen molar-refractivity contribution in [3.63, 3.8) is 0 Å². The van der Waals surface area contributed by atoms with Crippen LogP contribution in [-0.4, -0.2) is 24.2 Å². The minimum absolute atomic E-state index is 0.757. The van der Waals surface area contributed by atoms with Crippen LogP contribution >= 0.6 is 0 Å². The number of para-hydroxylation sites is 4. The molecule has 67 heavy (non-hydrogen) atoms. The molecule has 0 saturated heterocycles. The molecule has 0 amide bonds. The number of fused-ring (bicyclic) bond motifs is 4. The molecular weight excluding hydrogens is 861 g/mol. The first kappa shape index (κ1) is 40.1. The number of rotatable bonds is 8. The Morgan fingerprint density at radius 2 is 0.761 bits per heavy atom. The Kier molecular flexibility index (Phi) is 9.97. The van der Waals surface area contributed by atoms with E-state index in [9.17, 15) is 2.74 Å². The Bertz CT molecular complexity index is 3060. The smallest absolute Gasteiger partial charge is 0.179 e. The second-order valence-corrected chi connectivity index (χ2v) is 32.9. The van der Waals surface area contributed by atoms with Crippen molar-refractivity contribution in [2.24, 2.45) is 0 Å². The molecule has 0 N–H and O–H groups in total. The third-order valence-corrected chi connectivity index (χ3v) is 27.7. The zero-order chi connectivity index (χ0) is 47.2. The normalized spacial score (nSPS) is 18.5. The van der Waals surface area contributed by atoms with Crippen LogP contribution in [0.15, 0.2) is 182 Å². The summed E-state index contributed by atoms with van der Waals surface area (Å²) in [6.07, 6.45) is 7.44. The molecule has 332 valence electrons. The lowest BCUT2D eigenvalue weighted by atomic mass is 9.89. The average molecular weight is 923 g/mol. The summed E-state index contributed by atoms with van der Waals surface area (Å²) in [6, 6.07) is 67.6. The molecule has 8 aromatic carbocycles. The largest absolute Gasteiger partial charge is 0.457 e. The van der Waals surface area contributed by atoms with Gasteiger partial charge in [-0.1, -0.05) is 222 Å². The van der Waals surface area contributed by atoms with Crippen LogP contribution < -0.4 is 51.0 Å². The summed E-state index contributed by atoms with van der Waals surface area (Å²) in [5, 5.41) is 10.4. The fraction of sp³-hybridized carbons (Fsp3) is 0.226. The second-order valence-electron chi connectivity index (χ2n) is 20.4. The summed E-state index contributed by atoms with van der Waals surface area (Å²) in [5.74, 6) is 2.32. The lowest BCUT2D eigenvalue weighted by Gasteiger charge is -2.37. The molecule has 2 heterocycles. The third-order valence-electron chi connectivity index (χ3n) is 16.0. The molecule has 2 aliphatic heterocycles. The van der Waals surface area contributed by atoms with E-state index >= 15 is 0 Å². The van der Waals surface area contributed by atoms with Gasteiger partial charge in [0.1, 0.15) is 39.1 Å². The van der Waals surface area contributed by atoms with Crippen molar-refractivity contribution < 1.29 is 12.2 Å². The second kappa shape index (κ2) is 16.7. The van der Waals surface area contributed by atoms with E-state index in [4.69, 9.17) is 9.47 Å². The Morgan fingerprint density at radius 1 is 0.388 bits per heavy atom. The molecule has 4 aliphatic rings. The van der Waals surface area contributed by atoms with Crippen LogP contribution in [0.1, 0.15) is 77.0 Å². The van der Waals surface area contributed by atoms with Crippen molar-refractivity contribution in [3.05, 3.63) is 193 Å². The predicted octanol–water partition coefficient (Wildman–Crippen LogP) is 11.6. The fourth-order valence-corrected chi connectivity index (χ4v) is 22.9. The van der Waals surface area contributed by atoms with Crippen molar-refractivity contribution >= 4 is 65.7 Å². The van der Waals surface area contributed by atoms with Crippen molar-refractivity contribution in [3.8, 4) is 45.3 Å². The highest BCUT2D eigenvalue weighted by Gasteiger charge is 2.44. The Morgan fingerprint density at radius 3 is 1.18 bits per heavy atom. The first-order valence-corrected chi connectivity index (χ1v) is 32.7. The topological polar surface area (TPSA) is 18.5 Å². The first-order chi connectivity index (χ1) is 33.4. The van der Waals surface area contributed by atoms with Crippen LogP contribution in [-0.2, 0) is 0 Å². The maximum absolute atomic E-state index is 10.5. The SMILES string of the molecule is [2H]C1(c2cc([Si](c3ccccc3)(c3ccccc3)c3ccc(-c4cccc5c4Oc4ccccc4[Si]5(C)C)c(C4([2H])CCCC4)c3)ccc2-c2cccc3c2Oc2ccccc2[Si]3(C)C)CCCC1. The van der Waals surface area contributed by atoms with Gasteiger partial charge in [-0.15, -0.1) is 0 Å². The Balaban J connectivity index is 1.12. The van der Waals surface area contributed by atoms with Crippen LogP contribution in [0.5, 0.6) is 23.0 Å². The molecule has 0 radical (unpaired) electrons. The van der Waals surface area contributed by atoms with Crippen molar-refractivity contribution in [2.45, 2.75) is 89.3 Å². The molecule has 2 nitrogen and oxygen atoms in total. The number of ether oxygens (including phenoxy) is 2. The minimum atomic E-state index is -3.19. The van der Waals surface area contributed by atoms with Gasteiger partial charge in [-0.3, -0.25) is 0 Å². The van der Waals surface area contributed by atoms with Gasteiger partial charge in [-0.2, -0.15) is 0 Å². The molecule has 2 aliphatic carbocycles. The summed E-state index contributed by atoms with van der Waals surface area (Å²) >= 11 is 0. The molecule has 0 unspecified atom stereocenters. The zero-order valence-corrected chi connectivity index (χ0v) is 42.3. The highest BCUT2D eigenvalue weighted by molar-refractivity contribution is 7.20. The molecule has 8 aromatic rings. The average Bonchev–Trinajstić information content (AvgIpc) is 4.04. The fourth-order valence-electron chi connectivity index (χ4n) is 12.5. The molecule has 0 aromatic heterocycles. The maximum atomic E-state index is 10.5. The maximum Gasteiger partial charge on any atom is 0.179 e. The highest BCUT2D eigenvalue weighted by atomic mass is 28.3. The molecular formula is C62H60O2Si3. The lowest BCUT2D eigenvalue weighted by Crippen LogP contribution is -2.74. The van der Waals surface area contributed by atoms with E-state index in [2.05, 4.69) is 208 Å². The summed E-state index contributed by atoms with van der Waals surface area (Å²) in [6.45, 7) is 9.76. The van der Waals surface area contributed by atoms with Gasteiger partial charge in [0.15, 0.2) is 8.07 Å². The highest BCUT2D eigenvalue weighted by Crippen LogP contribution is 2.46. The van der Waals surface area contributed by atoms with Gasteiger partial charge in [0.2, 0.25) is 0 Å². The molecule has 2 saturated carbocycles. The van der Waals surface area contributed by atoms with E-state index in [1.54, 1.807) is 0 Å². The van der Waals surface area contributed by atoms with Crippen LogP contribution in [0.4, 0.5) is 0 Å². The molecule has 0 bridgehead atoms. The van der Waals surface area contributed by atoms with E-state index in [1.807, 2.05) is 0 Å². The van der Waals surface area contributed by atoms with Crippen molar-refractivity contribution in [2.75, 3.05) is 0 Å². The van der Waals surface area contributed by atoms with Gasteiger partial charge in [0.25, 0.3) is 0 Å². The monoisotopic (exact) mass is 922 g/mol. The van der Waals surface area contributed by atoms with Gasteiger partial charge in [0.05, 0.1) is 0 Å². The van der Waals surface area contributed by atoms with E-state index in [0.717, 1.165) is 108 Å². The van der Waals surface area contributed by atoms with E-state index < -0.39 is 36.0 Å². The molecule has 2 fully saturated rings.